The van der Waals surface area contributed by atoms with Crippen LogP contribution in [0.15, 0.2) is 29.4 Å². The second kappa shape index (κ2) is 9.08. The first-order valence-electron chi connectivity index (χ1n) is 9.22. The van der Waals surface area contributed by atoms with Crippen molar-refractivity contribution in [3.8, 4) is 11.5 Å². The zero-order valence-corrected chi connectivity index (χ0v) is 17.3. The summed E-state index contributed by atoms with van der Waals surface area (Å²) in [7, 11) is 5.22. The first-order valence-corrected chi connectivity index (χ1v) is 10.0. The van der Waals surface area contributed by atoms with E-state index in [4.69, 9.17) is 9.47 Å². The van der Waals surface area contributed by atoms with Gasteiger partial charge in [0.2, 0.25) is 0 Å². The Balaban J connectivity index is 1.58. The molecule has 2 heterocycles. The molecule has 6 nitrogen and oxygen atoms in total. The van der Waals surface area contributed by atoms with Gasteiger partial charge in [0.05, 0.1) is 19.2 Å². The number of rotatable bonds is 6. The van der Waals surface area contributed by atoms with Crippen LogP contribution in [0, 0.1) is 6.92 Å². The fourth-order valence-corrected chi connectivity index (χ4v) is 4.21. The van der Waals surface area contributed by atoms with Gasteiger partial charge < -0.3 is 19.7 Å². The van der Waals surface area contributed by atoms with E-state index >= 15 is 0 Å². The Hall–Kier alpha value is -2.28. The molecule has 0 saturated carbocycles. The molecule has 146 valence electrons. The molecule has 0 amide bonds. The van der Waals surface area contributed by atoms with Gasteiger partial charge in [-0.05, 0) is 31.0 Å². The van der Waals surface area contributed by atoms with Crippen molar-refractivity contribution in [3.05, 3.63) is 39.8 Å². The topological polar surface area (TPSA) is 59.0 Å². The summed E-state index contributed by atoms with van der Waals surface area (Å²) in [6.45, 7) is 4.85. The molecule has 27 heavy (non-hydrogen) atoms. The van der Waals surface area contributed by atoms with Crippen molar-refractivity contribution in [1.82, 2.24) is 15.2 Å². The number of hydrogen-bond acceptors (Lipinski definition) is 5. The zero-order chi connectivity index (χ0) is 19.2. The highest BCUT2D eigenvalue weighted by Gasteiger charge is 2.26. The van der Waals surface area contributed by atoms with Crippen LogP contribution in [-0.2, 0) is 6.42 Å². The molecule has 3 rings (SSSR count). The van der Waals surface area contributed by atoms with Crippen LogP contribution in [0.2, 0.25) is 0 Å². The van der Waals surface area contributed by atoms with E-state index < -0.39 is 0 Å². The Labute approximate surface area is 165 Å². The minimum absolute atomic E-state index is 0.439. The zero-order valence-electron chi connectivity index (χ0n) is 16.5. The highest BCUT2D eigenvalue weighted by molar-refractivity contribution is 7.11. The lowest BCUT2D eigenvalue weighted by molar-refractivity contribution is 0.392. The average Bonchev–Trinajstić information content (AvgIpc) is 3.34. The standard InChI is InChI=1S/C20H28N4O2S/c1-14-12-23-19(27-14)5-7-22-20(21-2)24-8-6-15(13-24)16-9-17(25-3)11-18(10-16)26-4/h9-12,15H,5-8,13H2,1-4H3,(H,21,22). The molecule has 1 aromatic carbocycles. The largest absolute Gasteiger partial charge is 0.497 e. The lowest BCUT2D eigenvalue weighted by Gasteiger charge is -2.22. The number of nitrogens with one attached hydrogen (secondary N) is 1. The number of aliphatic imine (C=N–C) groups is 1. The third-order valence-corrected chi connectivity index (χ3v) is 5.81. The number of likely N-dealkylation sites (tertiary alicyclic amines) is 1. The van der Waals surface area contributed by atoms with Gasteiger partial charge in [-0.25, -0.2) is 4.98 Å². The monoisotopic (exact) mass is 388 g/mol. The van der Waals surface area contributed by atoms with Crippen molar-refractivity contribution in [2.24, 2.45) is 4.99 Å². The summed E-state index contributed by atoms with van der Waals surface area (Å²) in [6, 6.07) is 6.13. The molecule has 0 spiro atoms. The first kappa shape index (κ1) is 19.5. The molecule has 1 aromatic heterocycles. The van der Waals surface area contributed by atoms with Crippen molar-refractivity contribution in [1.29, 1.82) is 0 Å². The van der Waals surface area contributed by atoms with Crippen LogP contribution in [0.1, 0.15) is 27.8 Å². The van der Waals surface area contributed by atoms with E-state index in [1.165, 1.54) is 15.4 Å². The molecule has 2 aromatic rings. The van der Waals surface area contributed by atoms with Crippen LogP contribution in [-0.4, -0.2) is 56.7 Å². The maximum Gasteiger partial charge on any atom is 0.193 e. The van der Waals surface area contributed by atoms with E-state index in [9.17, 15) is 0 Å². The Kier molecular flexibility index (Phi) is 6.55. The van der Waals surface area contributed by atoms with Crippen LogP contribution >= 0.6 is 11.3 Å². The van der Waals surface area contributed by atoms with Crippen LogP contribution < -0.4 is 14.8 Å². The second-order valence-corrected chi connectivity index (χ2v) is 7.99. The number of methoxy groups -OCH3 is 2. The summed E-state index contributed by atoms with van der Waals surface area (Å²) < 4.78 is 10.8. The summed E-state index contributed by atoms with van der Waals surface area (Å²) in [5, 5.41) is 4.64. The summed E-state index contributed by atoms with van der Waals surface area (Å²) in [6.07, 6.45) is 3.94. The molecular weight excluding hydrogens is 360 g/mol. The maximum atomic E-state index is 5.41. The van der Waals surface area contributed by atoms with Crippen molar-refractivity contribution >= 4 is 17.3 Å². The number of aromatic nitrogens is 1. The van der Waals surface area contributed by atoms with Gasteiger partial charge in [0.25, 0.3) is 0 Å². The Morgan fingerprint density at radius 2 is 2.04 bits per heavy atom. The van der Waals surface area contributed by atoms with Gasteiger partial charge in [0.15, 0.2) is 5.96 Å². The maximum absolute atomic E-state index is 5.41. The third kappa shape index (κ3) is 4.91. The van der Waals surface area contributed by atoms with E-state index in [0.29, 0.717) is 5.92 Å². The lowest BCUT2D eigenvalue weighted by atomic mass is 9.98. The van der Waals surface area contributed by atoms with Gasteiger partial charge in [0.1, 0.15) is 11.5 Å². The molecule has 1 atom stereocenters. The highest BCUT2D eigenvalue weighted by atomic mass is 32.1. The van der Waals surface area contributed by atoms with Crippen molar-refractivity contribution < 1.29 is 9.47 Å². The van der Waals surface area contributed by atoms with Crippen LogP contribution in [0.25, 0.3) is 0 Å². The van der Waals surface area contributed by atoms with Crippen molar-refractivity contribution in [2.45, 2.75) is 25.7 Å². The molecule has 7 heteroatoms. The molecule has 1 aliphatic rings. The minimum Gasteiger partial charge on any atom is -0.497 e. The molecule has 0 radical (unpaired) electrons. The van der Waals surface area contributed by atoms with Crippen molar-refractivity contribution in [2.75, 3.05) is 40.9 Å². The number of benzene rings is 1. The molecule has 1 saturated heterocycles. The average molecular weight is 389 g/mol. The number of ether oxygens (including phenoxy) is 2. The van der Waals surface area contributed by atoms with Gasteiger partial charge in [-0.2, -0.15) is 0 Å². The second-order valence-electron chi connectivity index (χ2n) is 6.67. The van der Waals surface area contributed by atoms with Crippen LogP contribution in [0.5, 0.6) is 11.5 Å². The van der Waals surface area contributed by atoms with E-state index in [-0.39, 0.29) is 0 Å². The van der Waals surface area contributed by atoms with Crippen LogP contribution in [0.4, 0.5) is 0 Å². The molecule has 1 aliphatic heterocycles. The fraction of sp³-hybridized carbons (Fsp3) is 0.500. The molecule has 1 N–H and O–H groups in total. The summed E-state index contributed by atoms with van der Waals surface area (Å²) >= 11 is 1.76. The van der Waals surface area contributed by atoms with E-state index in [0.717, 1.165) is 49.9 Å². The van der Waals surface area contributed by atoms with Gasteiger partial charge in [-0.1, -0.05) is 0 Å². The lowest BCUT2D eigenvalue weighted by Crippen LogP contribution is -2.40. The number of nitrogens with zero attached hydrogens (tertiary/aromatic N) is 3. The minimum atomic E-state index is 0.439. The van der Waals surface area contributed by atoms with Crippen molar-refractivity contribution in [3.63, 3.8) is 0 Å². The molecule has 0 bridgehead atoms. The molecule has 1 fully saturated rings. The molecule has 0 aliphatic carbocycles. The van der Waals surface area contributed by atoms with Crippen LogP contribution in [0.3, 0.4) is 0 Å². The predicted molar refractivity (Wildman–Crippen MR) is 110 cm³/mol. The van der Waals surface area contributed by atoms with E-state index in [1.807, 2.05) is 19.3 Å². The van der Waals surface area contributed by atoms with Gasteiger partial charge in [-0.3, -0.25) is 4.99 Å². The smallest absolute Gasteiger partial charge is 0.193 e. The SMILES string of the molecule is CN=C(NCCc1ncc(C)s1)N1CCC(c2cc(OC)cc(OC)c2)C1. The number of thiazole rings is 1. The van der Waals surface area contributed by atoms with Gasteiger partial charge in [0, 0.05) is 56.2 Å². The molecular formula is C20H28N4O2S. The number of guanidine groups is 1. The Morgan fingerprint density at radius 1 is 1.30 bits per heavy atom. The Bertz CT molecular complexity index is 768. The van der Waals surface area contributed by atoms with Gasteiger partial charge >= 0.3 is 0 Å². The van der Waals surface area contributed by atoms with E-state index in [1.54, 1.807) is 25.6 Å². The normalized spacial score (nSPS) is 17.3. The predicted octanol–water partition coefficient (Wildman–Crippen LogP) is 3.08. The number of hydrogen-bond donors (Lipinski definition) is 1. The highest BCUT2D eigenvalue weighted by Crippen LogP contribution is 2.32. The fourth-order valence-electron chi connectivity index (χ4n) is 3.42. The summed E-state index contributed by atoms with van der Waals surface area (Å²) in [4.78, 5) is 12.5. The Morgan fingerprint density at radius 3 is 2.63 bits per heavy atom. The summed E-state index contributed by atoms with van der Waals surface area (Å²) in [5.41, 5.74) is 1.25. The quantitative estimate of drug-likeness (QED) is 0.609. The summed E-state index contributed by atoms with van der Waals surface area (Å²) in [5.74, 6) is 3.07. The van der Waals surface area contributed by atoms with Gasteiger partial charge in [-0.15, -0.1) is 11.3 Å². The molecule has 1 unspecified atom stereocenters. The first-order chi connectivity index (χ1) is 13.1. The van der Waals surface area contributed by atoms with E-state index in [2.05, 4.69) is 39.2 Å². The number of aryl methyl sites for hydroxylation is 1. The third-order valence-electron chi connectivity index (χ3n) is 4.84.